The lowest BCUT2D eigenvalue weighted by Crippen LogP contribution is -2.47. The first-order valence-corrected chi connectivity index (χ1v) is 7.51. The molecule has 1 aromatic heterocycles. The fourth-order valence-corrected chi connectivity index (χ4v) is 2.83. The van der Waals surface area contributed by atoms with Crippen LogP contribution in [0.4, 0.5) is 0 Å². The SMILES string of the molecule is CCc1cc(C(=O)N2CCCC(N(C)C)C2)cc(Cl)n1. The molecule has 1 aliphatic heterocycles. The van der Waals surface area contributed by atoms with Crippen LogP contribution in [0.3, 0.4) is 0 Å². The maximum Gasteiger partial charge on any atom is 0.254 e. The molecule has 0 aromatic carbocycles. The van der Waals surface area contributed by atoms with E-state index in [-0.39, 0.29) is 5.91 Å². The summed E-state index contributed by atoms with van der Waals surface area (Å²) in [5.74, 6) is 0.0653. The maximum absolute atomic E-state index is 12.6. The van der Waals surface area contributed by atoms with Gasteiger partial charge in [0.05, 0.1) is 0 Å². The van der Waals surface area contributed by atoms with Crippen LogP contribution in [0.5, 0.6) is 0 Å². The van der Waals surface area contributed by atoms with Crippen LogP contribution in [-0.2, 0) is 6.42 Å². The van der Waals surface area contributed by atoms with Crippen molar-refractivity contribution >= 4 is 17.5 Å². The number of nitrogens with zero attached hydrogens (tertiary/aromatic N) is 3. The van der Waals surface area contributed by atoms with Crippen molar-refractivity contribution in [3.05, 3.63) is 28.5 Å². The summed E-state index contributed by atoms with van der Waals surface area (Å²) in [6, 6.07) is 3.96. The topological polar surface area (TPSA) is 36.4 Å². The number of piperidine rings is 1. The largest absolute Gasteiger partial charge is 0.337 e. The number of likely N-dealkylation sites (N-methyl/N-ethyl adjacent to an activating group) is 1. The second-order valence-corrected chi connectivity index (χ2v) is 5.92. The van der Waals surface area contributed by atoms with Crippen LogP contribution in [0.15, 0.2) is 12.1 Å². The number of likely N-dealkylation sites (tertiary alicyclic amines) is 1. The van der Waals surface area contributed by atoms with Crippen LogP contribution >= 0.6 is 11.6 Å². The molecule has 1 saturated heterocycles. The summed E-state index contributed by atoms with van der Waals surface area (Å²) in [5, 5.41) is 0.397. The molecule has 5 heteroatoms. The van der Waals surface area contributed by atoms with Gasteiger partial charge in [-0.25, -0.2) is 4.98 Å². The van der Waals surface area contributed by atoms with E-state index in [0.717, 1.165) is 38.0 Å². The molecule has 1 fully saturated rings. The molecule has 1 unspecified atom stereocenters. The predicted molar refractivity (Wildman–Crippen MR) is 81.2 cm³/mol. The quantitative estimate of drug-likeness (QED) is 0.804. The number of pyridine rings is 1. The summed E-state index contributed by atoms with van der Waals surface area (Å²) in [7, 11) is 4.13. The first-order valence-electron chi connectivity index (χ1n) is 7.13. The number of aromatic nitrogens is 1. The average Bonchev–Trinajstić information content (AvgIpc) is 2.45. The molecular weight excluding hydrogens is 274 g/mol. The van der Waals surface area contributed by atoms with Crippen molar-refractivity contribution in [3.8, 4) is 0 Å². The third-order valence-corrected chi connectivity index (χ3v) is 4.06. The van der Waals surface area contributed by atoms with E-state index in [1.54, 1.807) is 6.07 Å². The average molecular weight is 296 g/mol. The fraction of sp³-hybridized carbons (Fsp3) is 0.600. The van der Waals surface area contributed by atoms with E-state index < -0.39 is 0 Å². The van der Waals surface area contributed by atoms with Crippen molar-refractivity contribution in [3.63, 3.8) is 0 Å². The second kappa shape index (κ2) is 6.55. The van der Waals surface area contributed by atoms with Crippen LogP contribution in [0, 0.1) is 0 Å². The molecule has 20 heavy (non-hydrogen) atoms. The van der Waals surface area contributed by atoms with E-state index >= 15 is 0 Å². The van der Waals surface area contributed by atoms with Crippen LogP contribution in [-0.4, -0.2) is 53.9 Å². The van der Waals surface area contributed by atoms with Gasteiger partial charge in [-0.15, -0.1) is 0 Å². The van der Waals surface area contributed by atoms with Crippen molar-refractivity contribution in [2.24, 2.45) is 0 Å². The van der Waals surface area contributed by atoms with E-state index in [9.17, 15) is 4.79 Å². The third-order valence-electron chi connectivity index (χ3n) is 3.87. The molecule has 0 radical (unpaired) electrons. The molecule has 0 aliphatic carbocycles. The molecule has 2 rings (SSSR count). The van der Waals surface area contributed by atoms with E-state index in [0.29, 0.717) is 16.8 Å². The number of rotatable bonds is 3. The first-order chi connectivity index (χ1) is 9.51. The van der Waals surface area contributed by atoms with E-state index in [4.69, 9.17) is 11.6 Å². The zero-order valence-corrected chi connectivity index (χ0v) is 13.2. The molecule has 0 N–H and O–H groups in total. The summed E-state index contributed by atoms with van der Waals surface area (Å²) < 4.78 is 0. The standard InChI is InChI=1S/C15H22ClN3O/c1-4-12-8-11(9-14(16)17-12)15(20)19-7-5-6-13(10-19)18(2)3/h8-9,13H,4-7,10H2,1-3H3. The Morgan fingerprint density at radius 1 is 1.50 bits per heavy atom. The number of amides is 1. The highest BCUT2D eigenvalue weighted by Crippen LogP contribution is 2.18. The van der Waals surface area contributed by atoms with Crippen LogP contribution in [0.2, 0.25) is 5.15 Å². The summed E-state index contributed by atoms with van der Waals surface area (Å²) >= 11 is 6.00. The number of carbonyl (C=O) groups is 1. The van der Waals surface area contributed by atoms with Gasteiger partial charge in [-0.3, -0.25) is 4.79 Å². The third kappa shape index (κ3) is 3.49. The molecule has 1 atom stereocenters. The number of aryl methyl sites for hydroxylation is 1. The van der Waals surface area contributed by atoms with Gasteiger partial charge in [0.15, 0.2) is 0 Å². The van der Waals surface area contributed by atoms with Gasteiger partial charge in [-0.05, 0) is 45.5 Å². The summed E-state index contributed by atoms with van der Waals surface area (Å²) in [6.45, 7) is 3.62. The van der Waals surface area contributed by atoms with Gasteiger partial charge in [0.1, 0.15) is 5.15 Å². The highest BCUT2D eigenvalue weighted by molar-refractivity contribution is 6.29. The molecule has 1 aliphatic rings. The Kier molecular flexibility index (Phi) is 5.00. The Bertz CT molecular complexity index is 490. The van der Waals surface area contributed by atoms with Crippen LogP contribution in [0.25, 0.3) is 0 Å². The summed E-state index contributed by atoms with van der Waals surface area (Å²) in [6.07, 6.45) is 2.98. The van der Waals surface area contributed by atoms with E-state index in [2.05, 4.69) is 24.0 Å². The summed E-state index contributed by atoms with van der Waals surface area (Å²) in [4.78, 5) is 20.9. The Balaban J connectivity index is 2.16. The lowest BCUT2D eigenvalue weighted by molar-refractivity contribution is 0.0635. The van der Waals surface area contributed by atoms with Gasteiger partial charge < -0.3 is 9.80 Å². The Morgan fingerprint density at radius 2 is 2.25 bits per heavy atom. The van der Waals surface area contributed by atoms with Crippen molar-refractivity contribution in [1.29, 1.82) is 0 Å². The van der Waals surface area contributed by atoms with Gasteiger partial charge in [-0.1, -0.05) is 18.5 Å². The predicted octanol–water partition coefficient (Wildman–Crippen LogP) is 2.46. The monoisotopic (exact) mass is 295 g/mol. The van der Waals surface area contributed by atoms with E-state index in [1.807, 2.05) is 17.9 Å². The first kappa shape index (κ1) is 15.3. The lowest BCUT2D eigenvalue weighted by atomic mass is 10.0. The molecule has 2 heterocycles. The van der Waals surface area contributed by atoms with Crippen molar-refractivity contribution in [2.45, 2.75) is 32.2 Å². The molecular formula is C15H22ClN3O. The maximum atomic E-state index is 12.6. The number of halogens is 1. The Labute approximate surface area is 125 Å². The van der Waals surface area contributed by atoms with E-state index in [1.165, 1.54) is 0 Å². The minimum atomic E-state index is 0.0653. The lowest BCUT2D eigenvalue weighted by Gasteiger charge is -2.36. The molecule has 0 bridgehead atoms. The molecule has 0 spiro atoms. The van der Waals surface area contributed by atoms with Crippen LogP contribution < -0.4 is 0 Å². The molecule has 110 valence electrons. The zero-order valence-electron chi connectivity index (χ0n) is 12.4. The fourth-order valence-electron chi connectivity index (χ4n) is 2.60. The second-order valence-electron chi connectivity index (χ2n) is 5.53. The smallest absolute Gasteiger partial charge is 0.254 e. The van der Waals surface area contributed by atoms with Crippen molar-refractivity contribution in [1.82, 2.24) is 14.8 Å². The molecule has 1 amide bonds. The van der Waals surface area contributed by atoms with Crippen LogP contribution in [0.1, 0.15) is 35.8 Å². The number of hydrogen-bond acceptors (Lipinski definition) is 3. The molecule has 4 nitrogen and oxygen atoms in total. The Morgan fingerprint density at radius 3 is 2.90 bits per heavy atom. The van der Waals surface area contributed by atoms with Gasteiger partial charge in [0.25, 0.3) is 5.91 Å². The minimum absolute atomic E-state index is 0.0653. The summed E-state index contributed by atoms with van der Waals surface area (Å²) in [5.41, 5.74) is 1.52. The highest BCUT2D eigenvalue weighted by Gasteiger charge is 2.25. The van der Waals surface area contributed by atoms with Crippen molar-refractivity contribution < 1.29 is 4.79 Å². The van der Waals surface area contributed by atoms with Gasteiger partial charge in [-0.2, -0.15) is 0 Å². The number of hydrogen-bond donors (Lipinski definition) is 0. The molecule has 1 aromatic rings. The number of carbonyl (C=O) groups excluding carboxylic acids is 1. The minimum Gasteiger partial charge on any atom is -0.337 e. The Hall–Kier alpha value is -1.13. The van der Waals surface area contributed by atoms with Gasteiger partial charge in [0.2, 0.25) is 0 Å². The van der Waals surface area contributed by atoms with Gasteiger partial charge in [0, 0.05) is 30.4 Å². The molecule has 0 saturated carbocycles. The normalized spacial score (nSPS) is 19.4. The van der Waals surface area contributed by atoms with Gasteiger partial charge >= 0.3 is 0 Å². The zero-order chi connectivity index (χ0) is 14.7. The highest BCUT2D eigenvalue weighted by atomic mass is 35.5. The van der Waals surface area contributed by atoms with Crippen molar-refractivity contribution in [2.75, 3.05) is 27.2 Å².